The van der Waals surface area contributed by atoms with Crippen LogP contribution in [0.3, 0.4) is 0 Å². The minimum absolute atomic E-state index is 0.178. The number of nitrogens with one attached hydrogen (secondary N) is 1. The van der Waals surface area contributed by atoms with Crippen LogP contribution in [0, 0.1) is 0 Å². The van der Waals surface area contributed by atoms with Crippen LogP contribution in [-0.4, -0.2) is 23.2 Å². The fourth-order valence-electron chi connectivity index (χ4n) is 1.51. The van der Waals surface area contributed by atoms with Gasteiger partial charge in [0.25, 0.3) is 5.91 Å². The molecule has 0 saturated carbocycles. The summed E-state index contributed by atoms with van der Waals surface area (Å²) in [6.07, 6.45) is 1.92. The number of carboxylic acids is 1. The van der Waals surface area contributed by atoms with E-state index in [-0.39, 0.29) is 11.5 Å². The van der Waals surface area contributed by atoms with Crippen molar-refractivity contribution in [2.24, 2.45) is 0 Å². The van der Waals surface area contributed by atoms with Crippen LogP contribution in [0.1, 0.15) is 20.0 Å². The summed E-state index contributed by atoms with van der Waals surface area (Å²) in [5.41, 5.74) is 0.773. The molecular formula is C13H11NO3S2. The number of anilines is 1. The molecule has 0 saturated heterocycles. The van der Waals surface area contributed by atoms with Gasteiger partial charge in [-0.3, -0.25) is 4.79 Å². The van der Waals surface area contributed by atoms with E-state index < -0.39 is 5.97 Å². The molecule has 98 valence electrons. The van der Waals surface area contributed by atoms with Gasteiger partial charge in [0.05, 0.1) is 5.56 Å². The summed E-state index contributed by atoms with van der Waals surface area (Å²) >= 11 is 2.90. The predicted molar refractivity (Wildman–Crippen MR) is 77.5 cm³/mol. The predicted octanol–water partition coefficient (Wildman–Crippen LogP) is 3.42. The maximum Gasteiger partial charge on any atom is 0.335 e. The molecule has 2 aromatic rings. The van der Waals surface area contributed by atoms with E-state index in [1.165, 1.54) is 35.2 Å². The van der Waals surface area contributed by atoms with Crippen molar-refractivity contribution in [3.05, 3.63) is 46.2 Å². The van der Waals surface area contributed by atoms with Gasteiger partial charge in [-0.2, -0.15) is 0 Å². The molecule has 0 aliphatic carbocycles. The zero-order valence-corrected chi connectivity index (χ0v) is 11.7. The Labute approximate surface area is 118 Å². The molecule has 2 N–H and O–H groups in total. The summed E-state index contributed by atoms with van der Waals surface area (Å²) in [6.45, 7) is 0. The van der Waals surface area contributed by atoms with Crippen LogP contribution in [0.4, 0.5) is 5.69 Å². The molecule has 0 aliphatic rings. The van der Waals surface area contributed by atoms with Crippen LogP contribution in [-0.2, 0) is 0 Å². The van der Waals surface area contributed by atoms with Crippen molar-refractivity contribution in [2.45, 2.75) is 4.90 Å². The molecule has 1 aromatic carbocycles. The number of thiophene rings is 1. The van der Waals surface area contributed by atoms with Gasteiger partial charge in [0, 0.05) is 10.6 Å². The molecular weight excluding hydrogens is 282 g/mol. The van der Waals surface area contributed by atoms with Crippen LogP contribution in [0.2, 0.25) is 0 Å². The number of rotatable bonds is 4. The third-order valence-electron chi connectivity index (χ3n) is 2.44. The fourth-order valence-corrected chi connectivity index (χ4v) is 3.15. The molecule has 0 spiro atoms. The SMILES string of the molecule is CSc1ccsc1C(=O)Nc1ccc(C(=O)O)cc1. The van der Waals surface area contributed by atoms with Crippen molar-refractivity contribution >= 4 is 40.7 Å². The summed E-state index contributed by atoms with van der Waals surface area (Å²) in [5, 5.41) is 13.4. The lowest BCUT2D eigenvalue weighted by Gasteiger charge is -2.05. The molecule has 0 atom stereocenters. The molecule has 0 fully saturated rings. The molecule has 0 unspecified atom stereocenters. The highest BCUT2D eigenvalue weighted by Crippen LogP contribution is 2.26. The van der Waals surface area contributed by atoms with Crippen molar-refractivity contribution in [1.82, 2.24) is 0 Å². The van der Waals surface area contributed by atoms with Crippen molar-refractivity contribution in [2.75, 3.05) is 11.6 Å². The number of benzene rings is 1. The number of carbonyl (C=O) groups excluding carboxylic acids is 1. The first kappa shape index (κ1) is 13.6. The number of aromatic carboxylic acids is 1. The first-order valence-corrected chi connectivity index (χ1v) is 7.48. The average molecular weight is 293 g/mol. The molecule has 4 nitrogen and oxygen atoms in total. The summed E-state index contributed by atoms with van der Waals surface area (Å²) < 4.78 is 0. The second-order valence-electron chi connectivity index (χ2n) is 3.65. The fraction of sp³-hybridized carbons (Fsp3) is 0.0769. The van der Waals surface area contributed by atoms with Crippen molar-refractivity contribution < 1.29 is 14.7 Å². The van der Waals surface area contributed by atoms with E-state index in [1.54, 1.807) is 12.1 Å². The Bertz CT molecular complexity index is 605. The van der Waals surface area contributed by atoms with Gasteiger partial charge in [-0.1, -0.05) is 0 Å². The van der Waals surface area contributed by atoms with E-state index in [4.69, 9.17) is 5.11 Å². The Balaban J connectivity index is 2.13. The summed E-state index contributed by atoms with van der Waals surface area (Å²) in [6, 6.07) is 7.98. The number of thioether (sulfide) groups is 1. The topological polar surface area (TPSA) is 66.4 Å². The second kappa shape index (κ2) is 5.90. The maximum atomic E-state index is 12.0. The Morgan fingerprint density at radius 2 is 1.89 bits per heavy atom. The zero-order valence-electron chi connectivity index (χ0n) is 10.0. The first-order valence-electron chi connectivity index (χ1n) is 5.38. The average Bonchev–Trinajstić information content (AvgIpc) is 2.87. The number of amides is 1. The van der Waals surface area contributed by atoms with E-state index in [0.717, 1.165) is 4.90 Å². The molecule has 6 heteroatoms. The largest absolute Gasteiger partial charge is 0.478 e. The normalized spacial score (nSPS) is 10.2. The van der Waals surface area contributed by atoms with Gasteiger partial charge < -0.3 is 10.4 Å². The zero-order chi connectivity index (χ0) is 13.8. The van der Waals surface area contributed by atoms with Crippen molar-refractivity contribution in [3.63, 3.8) is 0 Å². The molecule has 0 aliphatic heterocycles. The number of hydrogen-bond acceptors (Lipinski definition) is 4. The van der Waals surface area contributed by atoms with Gasteiger partial charge >= 0.3 is 5.97 Å². The lowest BCUT2D eigenvalue weighted by atomic mass is 10.2. The number of carboxylic acid groups (broad SMARTS) is 1. The highest BCUT2D eigenvalue weighted by molar-refractivity contribution is 7.98. The summed E-state index contributed by atoms with van der Waals surface area (Å²) in [7, 11) is 0. The third-order valence-corrected chi connectivity index (χ3v) is 4.27. The third kappa shape index (κ3) is 3.15. The van der Waals surface area contributed by atoms with Gasteiger partial charge in [0.2, 0.25) is 0 Å². The van der Waals surface area contributed by atoms with Crippen molar-refractivity contribution in [1.29, 1.82) is 0 Å². The smallest absolute Gasteiger partial charge is 0.335 e. The van der Waals surface area contributed by atoms with Gasteiger partial charge in [-0.15, -0.1) is 23.1 Å². The number of hydrogen-bond donors (Lipinski definition) is 2. The molecule has 1 amide bonds. The summed E-state index contributed by atoms with van der Waals surface area (Å²) in [4.78, 5) is 24.4. The van der Waals surface area contributed by atoms with Crippen LogP contribution >= 0.6 is 23.1 Å². The number of carbonyl (C=O) groups is 2. The second-order valence-corrected chi connectivity index (χ2v) is 5.42. The summed E-state index contributed by atoms with van der Waals surface area (Å²) in [5.74, 6) is -1.16. The van der Waals surface area contributed by atoms with Crippen LogP contribution in [0.25, 0.3) is 0 Å². The first-order chi connectivity index (χ1) is 9.11. The monoisotopic (exact) mass is 293 g/mol. The molecule has 19 heavy (non-hydrogen) atoms. The lowest BCUT2D eigenvalue weighted by Crippen LogP contribution is -2.11. The maximum absolute atomic E-state index is 12.0. The van der Waals surface area contributed by atoms with E-state index >= 15 is 0 Å². The lowest BCUT2D eigenvalue weighted by molar-refractivity contribution is 0.0696. The highest BCUT2D eigenvalue weighted by atomic mass is 32.2. The Morgan fingerprint density at radius 1 is 1.21 bits per heavy atom. The molecule has 1 heterocycles. The van der Waals surface area contributed by atoms with E-state index in [1.807, 2.05) is 17.7 Å². The minimum Gasteiger partial charge on any atom is -0.478 e. The van der Waals surface area contributed by atoms with Gasteiger partial charge in [-0.05, 0) is 42.0 Å². The van der Waals surface area contributed by atoms with Crippen LogP contribution in [0.15, 0.2) is 40.6 Å². The Morgan fingerprint density at radius 3 is 2.47 bits per heavy atom. The minimum atomic E-state index is -0.985. The van der Waals surface area contributed by atoms with Gasteiger partial charge in [0.15, 0.2) is 0 Å². The van der Waals surface area contributed by atoms with Crippen molar-refractivity contribution in [3.8, 4) is 0 Å². The van der Waals surface area contributed by atoms with E-state index in [0.29, 0.717) is 10.6 Å². The molecule has 2 rings (SSSR count). The van der Waals surface area contributed by atoms with E-state index in [9.17, 15) is 9.59 Å². The highest BCUT2D eigenvalue weighted by Gasteiger charge is 2.13. The quantitative estimate of drug-likeness (QED) is 0.848. The van der Waals surface area contributed by atoms with Crippen LogP contribution in [0.5, 0.6) is 0 Å². The molecule has 0 bridgehead atoms. The van der Waals surface area contributed by atoms with Gasteiger partial charge in [0.1, 0.15) is 4.88 Å². The van der Waals surface area contributed by atoms with E-state index in [2.05, 4.69) is 5.32 Å². The Hall–Kier alpha value is -1.79. The standard InChI is InChI=1S/C13H11NO3S2/c1-18-10-6-7-19-11(10)12(15)14-9-4-2-8(3-5-9)13(16)17/h2-7H,1H3,(H,14,15)(H,16,17). The Kier molecular flexibility index (Phi) is 4.24. The van der Waals surface area contributed by atoms with Crippen LogP contribution < -0.4 is 5.32 Å². The molecule has 0 radical (unpaired) electrons. The molecule has 1 aromatic heterocycles. The van der Waals surface area contributed by atoms with Gasteiger partial charge in [-0.25, -0.2) is 4.79 Å².